The van der Waals surface area contributed by atoms with Gasteiger partial charge >= 0.3 is 6.98 Å². The summed E-state index contributed by atoms with van der Waals surface area (Å²) in [5.74, 6) is 0.342. The molecule has 0 amide bonds. The highest BCUT2D eigenvalue weighted by Gasteiger charge is 2.23. The third-order valence-corrected chi connectivity index (χ3v) is 2.34. The second-order valence-corrected chi connectivity index (χ2v) is 4.24. The van der Waals surface area contributed by atoms with Crippen molar-refractivity contribution in [1.82, 2.24) is 0 Å². The maximum Gasteiger partial charge on any atom is 0.488 e. The van der Waals surface area contributed by atoms with Crippen molar-refractivity contribution in [2.45, 2.75) is 19.4 Å². The van der Waals surface area contributed by atoms with E-state index in [0.717, 1.165) is 11.8 Å². The summed E-state index contributed by atoms with van der Waals surface area (Å²) in [6.07, 6.45) is 0. The summed E-state index contributed by atoms with van der Waals surface area (Å²) in [4.78, 5) is 0. The minimum absolute atomic E-state index is 0.342. The van der Waals surface area contributed by atoms with Crippen molar-refractivity contribution < 1.29 is 12.9 Å². The maximum atomic E-state index is 11.6. The van der Waals surface area contributed by atoms with E-state index in [4.69, 9.17) is 5.73 Å². The molecule has 0 aromatic carbocycles. The van der Waals surface area contributed by atoms with E-state index in [-0.39, 0.29) is 0 Å². The highest BCUT2D eigenvalue weighted by molar-refractivity contribution is 8.00. The summed E-state index contributed by atoms with van der Waals surface area (Å²) < 4.78 is 34.9. The van der Waals surface area contributed by atoms with Gasteiger partial charge in [-0.3, -0.25) is 0 Å². The van der Waals surface area contributed by atoms with Crippen LogP contribution >= 0.6 is 11.8 Å². The molecular formula is C5H12BF3NS-. The summed E-state index contributed by atoms with van der Waals surface area (Å²) in [6, 6.07) is 0. The molecule has 0 saturated carbocycles. The lowest BCUT2D eigenvalue weighted by molar-refractivity contribution is 0.485. The molecule has 0 aliphatic carbocycles. The average Bonchev–Trinajstić information content (AvgIpc) is 1.55. The molecule has 0 radical (unpaired) electrons. The number of rotatable bonds is 4. The first-order valence-electron chi connectivity index (χ1n) is 3.28. The van der Waals surface area contributed by atoms with Crippen molar-refractivity contribution in [2.24, 2.45) is 5.73 Å². The highest BCUT2D eigenvalue weighted by atomic mass is 32.2. The minimum Gasteiger partial charge on any atom is -0.448 e. The molecule has 0 rings (SSSR count). The Morgan fingerprint density at radius 2 is 1.82 bits per heavy atom. The summed E-state index contributed by atoms with van der Waals surface area (Å²) in [6.45, 7) is -1.22. The molecule has 6 heteroatoms. The lowest BCUT2D eigenvalue weighted by Gasteiger charge is -2.20. The molecule has 11 heavy (non-hydrogen) atoms. The van der Waals surface area contributed by atoms with Gasteiger partial charge in [-0.2, -0.15) is 11.8 Å². The monoisotopic (exact) mass is 186 g/mol. The molecule has 0 aromatic rings. The van der Waals surface area contributed by atoms with Crippen LogP contribution in [0.5, 0.6) is 0 Å². The fraction of sp³-hybridized carbons (Fsp3) is 1.00. The van der Waals surface area contributed by atoms with Gasteiger partial charge in [0, 0.05) is 11.3 Å². The first-order chi connectivity index (χ1) is 4.71. The lowest BCUT2D eigenvalue weighted by atomic mass is 9.98. The fourth-order valence-corrected chi connectivity index (χ4v) is 1.37. The van der Waals surface area contributed by atoms with Crippen LogP contribution in [0.1, 0.15) is 13.8 Å². The second kappa shape index (κ2) is 3.71. The molecular weight excluding hydrogens is 174 g/mol. The zero-order chi connectivity index (χ0) is 9.12. The molecule has 0 unspecified atom stereocenters. The van der Waals surface area contributed by atoms with E-state index in [1.807, 2.05) is 0 Å². The van der Waals surface area contributed by atoms with E-state index in [2.05, 4.69) is 0 Å². The zero-order valence-electron chi connectivity index (χ0n) is 6.61. The normalized spacial score (nSPS) is 13.6. The minimum atomic E-state index is -4.65. The van der Waals surface area contributed by atoms with Crippen molar-refractivity contribution in [3.63, 3.8) is 0 Å². The van der Waals surface area contributed by atoms with Crippen LogP contribution < -0.4 is 5.73 Å². The molecule has 0 aliphatic heterocycles. The third kappa shape index (κ3) is 10.2. The predicted molar refractivity (Wildman–Crippen MR) is 44.7 cm³/mol. The van der Waals surface area contributed by atoms with Gasteiger partial charge in [-0.25, -0.2) is 0 Å². The molecule has 0 bridgehead atoms. The Labute approximate surface area is 69.0 Å². The van der Waals surface area contributed by atoms with E-state index < -0.39 is 18.2 Å². The topological polar surface area (TPSA) is 26.0 Å². The van der Waals surface area contributed by atoms with Crippen LogP contribution in [0.3, 0.4) is 0 Å². The second-order valence-electron chi connectivity index (χ2n) is 3.21. The Balaban J connectivity index is 3.44. The van der Waals surface area contributed by atoms with Crippen LogP contribution in [-0.2, 0) is 0 Å². The summed E-state index contributed by atoms with van der Waals surface area (Å²) in [5, 5.41) is 0. The largest absolute Gasteiger partial charge is 0.488 e. The first-order valence-corrected chi connectivity index (χ1v) is 4.44. The Morgan fingerprint density at radius 1 is 1.36 bits per heavy atom. The molecule has 68 valence electrons. The Kier molecular flexibility index (Phi) is 3.77. The smallest absolute Gasteiger partial charge is 0.448 e. The van der Waals surface area contributed by atoms with Gasteiger partial charge in [-0.05, 0) is 19.5 Å². The van der Waals surface area contributed by atoms with Gasteiger partial charge < -0.3 is 18.7 Å². The number of halogens is 3. The molecule has 0 heterocycles. The van der Waals surface area contributed by atoms with Gasteiger partial charge in [-0.1, -0.05) is 0 Å². The van der Waals surface area contributed by atoms with Crippen LogP contribution in [0, 0.1) is 0 Å². The molecule has 1 nitrogen and oxygen atoms in total. The van der Waals surface area contributed by atoms with Crippen LogP contribution in [-0.4, -0.2) is 23.9 Å². The highest BCUT2D eigenvalue weighted by Crippen LogP contribution is 2.18. The molecule has 0 atom stereocenters. The number of hydrogen-bond donors (Lipinski definition) is 1. The first kappa shape index (κ1) is 11.2. The molecule has 0 aliphatic rings. The van der Waals surface area contributed by atoms with Crippen molar-refractivity contribution >= 4 is 18.7 Å². The van der Waals surface area contributed by atoms with Crippen molar-refractivity contribution in [3.05, 3.63) is 0 Å². The molecule has 0 fully saturated rings. The number of thioether (sulfide) groups is 1. The molecule has 0 aromatic heterocycles. The summed E-state index contributed by atoms with van der Waals surface area (Å²) in [7, 11) is 0. The van der Waals surface area contributed by atoms with Crippen molar-refractivity contribution in [3.8, 4) is 0 Å². The Hall–Kier alpha value is 0.165. The van der Waals surface area contributed by atoms with Gasteiger partial charge in [0.15, 0.2) is 0 Å². The van der Waals surface area contributed by atoms with E-state index in [9.17, 15) is 12.9 Å². The van der Waals surface area contributed by atoms with E-state index in [1.54, 1.807) is 13.8 Å². The fourth-order valence-electron chi connectivity index (χ4n) is 0.456. The van der Waals surface area contributed by atoms with Gasteiger partial charge in [0.05, 0.1) is 0 Å². The van der Waals surface area contributed by atoms with E-state index >= 15 is 0 Å². The quantitative estimate of drug-likeness (QED) is 0.678. The third-order valence-electron chi connectivity index (χ3n) is 0.781. The SMILES string of the molecule is CC(C)(N)CSC[B-](F)(F)F. The van der Waals surface area contributed by atoms with Gasteiger partial charge in [-0.15, -0.1) is 0 Å². The predicted octanol–water partition coefficient (Wildman–Crippen LogP) is 1.84. The van der Waals surface area contributed by atoms with Gasteiger partial charge in [0.1, 0.15) is 0 Å². The average molecular weight is 186 g/mol. The summed E-state index contributed by atoms with van der Waals surface area (Å²) >= 11 is 0.845. The summed E-state index contributed by atoms with van der Waals surface area (Å²) in [5.41, 5.74) is 4.23. The number of hydrogen-bond acceptors (Lipinski definition) is 2. The number of nitrogens with two attached hydrogens (primary N) is 1. The van der Waals surface area contributed by atoms with Crippen molar-refractivity contribution in [2.75, 3.05) is 11.4 Å². The van der Waals surface area contributed by atoms with Gasteiger partial charge in [0.25, 0.3) is 0 Å². The van der Waals surface area contributed by atoms with Crippen LogP contribution in [0.25, 0.3) is 0 Å². The standard InChI is InChI=1S/C5H12BF3NS/c1-5(2,10)3-11-4-6(7,8)9/h3-4,10H2,1-2H3/q-1. The van der Waals surface area contributed by atoms with Crippen LogP contribution in [0.15, 0.2) is 0 Å². The Bertz CT molecular complexity index is 106. The molecule has 2 N–H and O–H groups in total. The van der Waals surface area contributed by atoms with Crippen LogP contribution in [0.2, 0.25) is 0 Å². The molecule has 0 saturated heterocycles. The Morgan fingerprint density at radius 3 is 2.09 bits per heavy atom. The van der Waals surface area contributed by atoms with Crippen LogP contribution in [0.4, 0.5) is 12.9 Å². The van der Waals surface area contributed by atoms with Gasteiger partial charge in [0.2, 0.25) is 0 Å². The maximum absolute atomic E-state index is 11.6. The van der Waals surface area contributed by atoms with E-state index in [0.29, 0.717) is 5.75 Å². The van der Waals surface area contributed by atoms with Crippen molar-refractivity contribution in [1.29, 1.82) is 0 Å². The van der Waals surface area contributed by atoms with E-state index in [1.165, 1.54) is 0 Å². The molecule has 0 spiro atoms. The zero-order valence-corrected chi connectivity index (χ0v) is 7.43. The lowest BCUT2D eigenvalue weighted by Crippen LogP contribution is -2.35.